The molecular weight excluding hydrogens is 196 g/mol. The molecule has 0 bridgehead atoms. The molecule has 82 valence electrons. The van der Waals surface area contributed by atoms with Crippen LogP contribution in [-0.2, 0) is 4.79 Å². The maximum absolute atomic E-state index is 12.0. The van der Waals surface area contributed by atoms with Crippen molar-refractivity contribution < 1.29 is 4.79 Å². The first kappa shape index (κ1) is 13.4. The van der Waals surface area contributed by atoms with Crippen molar-refractivity contribution in [3.05, 3.63) is 0 Å². The Morgan fingerprint density at radius 1 is 1.43 bits per heavy atom. The van der Waals surface area contributed by atoms with Gasteiger partial charge in [-0.1, -0.05) is 33.0 Å². The summed E-state index contributed by atoms with van der Waals surface area (Å²) >= 11 is 4.82. The Balaban J connectivity index is 4.67. The third-order valence-corrected chi connectivity index (χ3v) is 1.98. The smallest absolute Gasteiger partial charge is 0.228 e. The van der Waals surface area contributed by atoms with E-state index in [-0.39, 0.29) is 17.4 Å². The Labute approximate surface area is 91.6 Å². The minimum absolute atomic E-state index is 0.0836. The first-order valence-electron chi connectivity index (χ1n) is 4.75. The number of hydrogen-bond acceptors (Lipinski definition) is 2. The van der Waals surface area contributed by atoms with Crippen molar-refractivity contribution in [2.75, 3.05) is 6.54 Å². The van der Waals surface area contributed by atoms with Gasteiger partial charge in [0.05, 0.1) is 11.5 Å². The summed E-state index contributed by atoms with van der Waals surface area (Å²) in [5.74, 6) is 0.0836. The van der Waals surface area contributed by atoms with Crippen LogP contribution < -0.4 is 5.73 Å². The molecule has 0 aromatic carbocycles. The molecule has 0 saturated heterocycles. The van der Waals surface area contributed by atoms with E-state index in [1.54, 1.807) is 4.90 Å². The van der Waals surface area contributed by atoms with Crippen LogP contribution >= 0.6 is 12.2 Å². The van der Waals surface area contributed by atoms with Crippen LogP contribution in [0.1, 0.15) is 34.6 Å². The Morgan fingerprint density at radius 3 is 2.07 bits per heavy atom. The molecule has 0 aliphatic carbocycles. The minimum Gasteiger partial charge on any atom is -0.392 e. The Hall–Kier alpha value is -0.640. The van der Waals surface area contributed by atoms with E-state index in [1.165, 1.54) is 0 Å². The number of carbonyl (C=O) groups is 1. The monoisotopic (exact) mass is 216 g/mol. The van der Waals surface area contributed by atoms with Crippen LogP contribution in [0.4, 0.5) is 0 Å². The summed E-state index contributed by atoms with van der Waals surface area (Å²) in [6, 6.07) is 0.128. The molecule has 3 nitrogen and oxygen atoms in total. The van der Waals surface area contributed by atoms with Gasteiger partial charge in [0.2, 0.25) is 5.91 Å². The number of thiocarbonyl (C=S) groups is 1. The highest BCUT2D eigenvalue weighted by atomic mass is 32.1. The lowest BCUT2D eigenvalue weighted by Gasteiger charge is -2.32. The lowest BCUT2D eigenvalue weighted by molar-refractivity contribution is -0.140. The minimum atomic E-state index is -0.380. The van der Waals surface area contributed by atoms with Crippen LogP contribution in [0.2, 0.25) is 0 Å². The molecule has 14 heavy (non-hydrogen) atoms. The van der Waals surface area contributed by atoms with Crippen molar-refractivity contribution in [1.82, 2.24) is 4.90 Å². The van der Waals surface area contributed by atoms with Crippen LogP contribution in [0.5, 0.6) is 0 Å². The van der Waals surface area contributed by atoms with Crippen LogP contribution in [-0.4, -0.2) is 28.4 Å². The number of nitrogens with two attached hydrogens (primary N) is 1. The second-order valence-corrected chi connectivity index (χ2v) is 5.27. The molecule has 0 aliphatic rings. The van der Waals surface area contributed by atoms with Gasteiger partial charge < -0.3 is 10.6 Å². The predicted octanol–water partition coefficient (Wildman–Crippen LogP) is 1.56. The predicted molar refractivity (Wildman–Crippen MR) is 63.1 cm³/mol. The highest BCUT2D eigenvalue weighted by Gasteiger charge is 2.28. The molecular formula is C10H20N2OS. The summed E-state index contributed by atoms with van der Waals surface area (Å²) < 4.78 is 0. The molecule has 0 atom stereocenters. The quantitative estimate of drug-likeness (QED) is 0.728. The molecule has 0 aromatic heterocycles. The number of hydrogen-bond donors (Lipinski definition) is 1. The zero-order chi connectivity index (χ0) is 11.5. The largest absolute Gasteiger partial charge is 0.392 e. The van der Waals surface area contributed by atoms with Crippen molar-refractivity contribution in [3.8, 4) is 0 Å². The first-order chi connectivity index (χ1) is 6.16. The lowest BCUT2D eigenvalue weighted by atomic mass is 9.94. The highest BCUT2D eigenvalue weighted by molar-refractivity contribution is 7.80. The molecule has 0 aromatic rings. The molecule has 0 fully saturated rings. The topological polar surface area (TPSA) is 46.3 Å². The SMILES string of the molecule is CC(C)N(CC(N)=S)C(=O)C(C)(C)C. The van der Waals surface area contributed by atoms with E-state index in [0.717, 1.165) is 0 Å². The van der Waals surface area contributed by atoms with Crippen LogP contribution in [0.3, 0.4) is 0 Å². The van der Waals surface area contributed by atoms with Gasteiger partial charge in [-0.25, -0.2) is 0 Å². The normalized spacial score (nSPS) is 11.6. The van der Waals surface area contributed by atoms with Gasteiger partial charge in [0.15, 0.2) is 0 Å². The van der Waals surface area contributed by atoms with E-state index in [2.05, 4.69) is 0 Å². The highest BCUT2D eigenvalue weighted by Crippen LogP contribution is 2.18. The van der Waals surface area contributed by atoms with Gasteiger partial charge in [-0.05, 0) is 13.8 Å². The van der Waals surface area contributed by atoms with Crippen LogP contribution in [0.15, 0.2) is 0 Å². The van der Waals surface area contributed by atoms with Crippen molar-refractivity contribution in [1.29, 1.82) is 0 Å². The molecule has 0 saturated carbocycles. The van der Waals surface area contributed by atoms with E-state index in [9.17, 15) is 4.79 Å². The summed E-state index contributed by atoms with van der Waals surface area (Å²) in [5.41, 5.74) is 5.07. The van der Waals surface area contributed by atoms with Crippen LogP contribution in [0, 0.1) is 5.41 Å². The molecule has 0 heterocycles. The van der Waals surface area contributed by atoms with Crippen molar-refractivity contribution in [2.24, 2.45) is 11.1 Å². The van der Waals surface area contributed by atoms with E-state index < -0.39 is 0 Å². The summed E-state index contributed by atoms with van der Waals surface area (Å²) in [7, 11) is 0. The molecule has 0 aliphatic heterocycles. The van der Waals surface area contributed by atoms with Crippen molar-refractivity contribution in [2.45, 2.75) is 40.7 Å². The fraction of sp³-hybridized carbons (Fsp3) is 0.800. The third kappa shape index (κ3) is 4.05. The van der Waals surface area contributed by atoms with Gasteiger partial charge in [-0.3, -0.25) is 4.79 Å². The fourth-order valence-corrected chi connectivity index (χ4v) is 1.23. The van der Waals surface area contributed by atoms with E-state index in [1.807, 2.05) is 34.6 Å². The summed E-state index contributed by atoms with van der Waals surface area (Å²) in [6.45, 7) is 9.96. The van der Waals surface area contributed by atoms with Crippen LogP contribution in [0.25, 0.3) is 0 Å². The fourth-order valence-electron chi connectivity index (χ4n) is 1.09. The van der Waals surface area contributed by atoms with Gasteiger partial charge in [0.25, 0.3) is 0 Å². The number of rotatable bonds is 3. The first-order valence-corrected chi connectivity index (χ1v) is 5.16. The third-order valence-electron chi connectivity index (χ3n) is 1.85. The lowest BCUT2D eigenvalue weighted by Crippen LogP contribution is -2.47. The number of amides is 1. The zero-order valence-electron chi connectivity index (χ0n) is 9.63. The molecule has 2 N–H and O–H groups in total. The van der Waals surface area contributed by atoms with Gasteiger partial charge in [-0.2, -0.15) is 0 Å². The Kier molecular flexibility index (Phi) is 4.52. The zero-order valence-corrected chi connectivity index (χ0v) is 10.4. The van der Waals surface area contributed by atoms with Gasteiger partial charge in [0.1, 0.15) is 0 Å². The van der Waals surface area contributed by atoms with E-state index in [0.29, 0.717) is 11.5 Å². The molecule has 0 rings (SSSR count). The maximum atomic E-state index is 12.0. The molecule has 0 unspecified atom stereocenters. The van der Waals surface area contributed by atoms with Crippen molar-refractivity contribution >= 4 is 23.1 Å². The molecule has 1 amide bonds. The van der Waals surface area contributed by atoms with E-state index >= 15 is 0 Å². The summed E-state index contributed by atoms with van der Waals surface area (Å²) in [5, 5.41) is 0. The Morgan fingerprint density at radius 2 is 1.86 bits per heavy atom. The van der Waals surface area contributed by atoms with Gasteiger partial charge in [0, 0.05) is 11.5 Å². The Bertz CT molecular complexity index is 231. The van der Waals surface area contributed by atoms with E-state index in [4.69, 9.17) is 18.0 Å². The molecule has 0 radical (unpaired) electrons. The average Bonchev–Trinajstić information content (AvgIpc) is 1.96. The van der Waals surface area contributed by atoms with Crippen molar-refractivity contribution in [3.63, 3.8) is 0 Å². The van der Waals surface area contributed by atoms with Gasteiger partial charge in [-0.15, -0.1) is 0 Å². The maximum Gasteiger partial charge on any atom is 0.228 e. The van der Waals surface area contributed by atoms with Gasteiger partial charge >= 0.3 is 0 Å². The summed E-state index contributed by atoms with van der Waals surface area (Å²) in [4.78, 5) is 14.0. The molecule has 4 heteroatoms. The number of carbonyl (C=O) groups excluding carboxylic acids is 1. The molecule has 0 spiro atoms. The average molecular weight is 216 g/mol. The summed E-state index contributed by atoms with van der Waals surface area (Å²) in [6.07, 6.45) is 0. The second kappa shape index (κ2) is 4.73. The number of nitrogens with zero attached hydrogens (tertiary/aromatic N) is 1. The standard InChI is InChI=1S/C10H20N2OS/c1-7(2)12(6-8(11)14)9(13)10(3,4)5/h7H,6H2,1-5H3,(H2,11,14). The second-order valence-electron chi connectivity index (χ2n) is 4.74.